The summed E-state index contributed by atoms with van der Waals surface area (Å²) in [6.07, 6.45) is 5.08. The molecule has 3 heterocycles. The van der Waals surface area contributed by atoms with Gasteiger partial charge in [-0.3, -0.25) is 0 Å². The second kappa shape index (κ2) is 8.00. The molecule has 0 bridgehead atoms. The number of carboxylic acids is 1. The van der Waals surface area contributed by atoms with E-state index in [9.17, 15) is 9.90 Å². The first-order valence-electron chi connectivity index (χ1n) is 10.2. The van der Waals surface area contributed by atoms with Gasteiger partial charge in [0.05, 0.1) is 0 Å². The van der Waals surface area contributed by atoms with E-state index < -0.39 is 12.0 Å². The molecule has 2 aromatic carbocycles. The van der Waals surface area contributed by atoms with E-state index in [1.165, 1.54) is 11.1 Å². The van der Waals surface area contributed by atoms with Gasteiger partial charge in [-0.1, -0.05) is 54.2 Å². The van der Waals surface area contributed by atoms with Gasteiger partial charge in [-0.15, -0.1) is 0 Å². The summed E-state index contributed by atoms with van der Waals surface area (Å²) in [4.78, 5) is 17.8. The zero-order valence-electron chi connectivity index (χ0n) is 16.5. The van der Waals surface area contributed by atoms with Crippen molar-refractivity contribution in [1.82, 2.24) is 9.55 Å². The molecule has 150 valence electrons. The minimum atomic E-state index is -0.745. The van der Waals surface area contributed by atoms with Crippen molar-refractivity contribution in [3.05, 3.63) is 89.7 Å². The van der Waals surface area contributed by atoms with Gasteiger partial charge in [0.2, 0.25) is 0 Å². The van der Waals surface area contributed by atoms with Gasteiger partial charge in [-0.05, 0) is 54.7 Å². The lowest BCUT2D eigenvalue weighted by molar-refractivity contribution is -0.141. The van der Waals surface area contributed by atoms with Crippen LogP contribution < -0.4 is 0 Å². The van der Waals surface area contributed by atoms with E-state index in [4.69, 9.17) is 0 Å². The molecule has 1 atom stereocenters. The number of fused-ring (bicyclic) bond motifs is 3. The van der Waals surface area contributed by atoms with Crippen molar-refractivity contribution >= 4 is 28.6 Å². The molecule has 0 aliphatic carbocycles. The fourth-order valence-corrected chi connectivity index (χ4v) is 5.38. The Morgan fingerprint density at radius 1 is 1.07 bits per heavy atom. The van der Waals surface area contributed by atoms with Crippen LogP contribution in [-0.4, -0.2) is 20.6 Å². The third-order valence-electron chi connectivity index (χ3n) is 5.79. The largest absolute Gasteiger partial charge is 0.480 e. The molecule has 0 amide bonds. The van der Waals surface area contributed by atoms with Gasteiger partial charge in [0.15, 0.2) is 0 Å². The zero-order chi connectivity index (χ0) is 20.5. The van der Waals surface area contributed by atoms with Crippen LogP contribution in [0.1, 0.15) is 35.7 Å². The molecule has 30 heavy (non-hydrogen) atoms. The standard InChI is InChI=1S/C25H22N2O2S/c28-25(29)23-14-6-13-22-20(19-11-4-5-12-21(19)27(22)23)16-17-8-7-15-26-24(17)30-18-9-2-1-3-10-18/h1-5,7-12,15,23H,6,13-14,16H2,(H,28,29). The molecular weight excluding hydrogens is 392 g/mol. The predicted molar refractivity (Wildman–Crippen MR) is 119 cm³/mol. The normalized spacial score (nSPS) is 15.8. The maximum atomic E-state index is 12.0. The Kier molecular flexibility index (Phi) is 5.05. The van der Waals surface area contributed by atoms with Crippen molar-refractivity contribution < 1.29 is 9.90 Å². The van der Waals surface area contributed by atoms with Gasteiger partial charge >= 0.3 is 5.97 Å². The van der Waals surface area contributed by atoms with E-state index in [1.54, 1.807) is 11.8 Å². The van der Waals surface area contributed by atoms with Crippen LogP contribution >= 0.6 is 11.8 Å². The average Bonchev–Trinajstić information content (AvgIpc) is 3.10. The van der Waals surface area contributed by atoms with Crippen molar-refractivity contribution in [1.29, 1.82) is 0 Å². The van der Waals surface area contributed by atoms with Crippen LogP contribution in [0.2, 0.25) is 0 Å². The zero-order valence-corrected chi connectivity index (χ0v) is 17.3. The maximum Gasteiger partial charge on any atom is 0.326 e. The molecule has 4 aromatic rings. The highest BCUT2D eigenvalue weighted by Gasteiger charge is 2.30. The fourth-order valence-electron chi connectivity index (χ4n) is 4.48. The minimum Gasteiger partial charge on any atom is -0.480 e. The predicted octanol–water partition coefficient (Wildman–Crippen LogP) is 5.74. The van der Waals surface area contributed by atoms with E-state index in [0.717, 1.165) is 45.8 Å². The van der Waals surface area contributed by atoms with Crippen molar-refractivity contribution in [2.24, 2.45) is 0 Å². The summed E-state index contributed by atoms with van der Waals surface area (Å²) in [5.41, 5.74) is 4.59. The molecule has 1 aliphatic rings. The molecular formula is C25H22N2O2S. The molecule has 0 saturated heterocycles. The van der Waals surface area contributed by atoms with Gasteiger partial charge in [0.25, 0.3) is 0 Å². The Balaban J connectivity index is 1.60. The lowest BCUT2D eigenvalue weighted by Gasteiger charge is -2.24. The van der Waals surface area contributed by atoms with Gasteiger partial charge in [-0.2, -0.15) is 0 Å². The average molecular weight is 415 g/mol. The SMILES string of the molecule is O=C(O)C1CCCc2c(Cc3cccnc3Sc3ccccc3)c3ccccc3n21. The topological polar surface area (TPSA) is 55.1 Å². The molecule has 0 saturated carbocycles. The van der Waals surface area contributed by atoms with Crippen LogP contribution in [0.25, 0.3) is 10.9 Å². The van der Waals surface area contributed by atoms with Gasteiger partial charge in [-0.25, -0.2) is 9.78 Å². The Hall–Kier alpha value is -3.05. The summed E-state index contributed by atoms with van der Waals surface area (Å²) in [5, 5.41) is 12.0. The van der Waals surface area contributed by atoms with Crippen molar-refractivity contribution in [3.63, 3.8) is 0 Å². The number of carboxylic acid groups (broad SMARTS) is 1. The number of carbonyl (C=O) groups is 1. The summed E-state index contributed by atoms with van der Waals surface area (Å²) in [5.74, 6) is -0.745. The van der Waals surface area contributed by atoms with E-state index in [1.807, 2.05) is 48.7 Å². The molecule has 0 fully saturated rings. The van der Waals surface area contributed by atoms with E-state index in [0.29, 0.717) is 6.42 Å². The lowest BCUT2D eigenvalue weighted by atomic mass is 9.97. The van der Waals surface area contributed by atoms with Crippen molar-refractivity contribution in [2.75, 3.05) is 0 Å². The summed E-state index contributed by atoms with van der Waals surface area (Å²) >= 11 is 1.67. The molecule has 1 aliphatic heterocycles. The van der Waals surface area contributed by atoms with Crippen molar-refractivity contribution in [2.45, 2.75) is 41.6 Å². The molecule has 0 radical (unpaired) electrons. The summed E-state index contributed by atoms with van der Waals surface area (Å²) in [7, 11) is 0. The number of hydrogen-bond donors (Lipinski definition) is 1. The first kappa shape index (κ1) is 18.9. The molecule has 5 rings (SSSR count). The highest BCUT2D eigenvalue weighted by Crippen LogP contribution is 2.38. The molecule has 0 spiro atoms. The van der Waals surface area contributed by atoms with Crippen LogP contribution in [0.4, 0.5) is 0 Å². The molecule has 1 N–H and O–H groups in total. The lowest BCUT2D eigenvalue weighted by Crippen LogP contribution is -2.25. The molecule has 1 unspecified atom stereocenters. The second-order valence-electron chi connectivity index (χ2n) is 7.62. The number of hydrogen-bond acceptors (Lipinski definition) is 3. The van der Waals surface area contributed by atoms with Gasteiger partial charge in [0.1, 0.15) is 11.1 Å². The number of aromatic nitrogens is 2. The molecule has 2 aromatic heterocycles. The molecule has 4 nitrogen and oxygen atoms in total. The highest BCUT2D eigenvalue weighted by molar-refractivity contribution is 7.99. The number of nitrogens with zero attached hydrogens (tertiary/aromatic N) is 2. The number of rotatable bonds is 5. The summed E-state index contributed by atoms with van der Waals surface area (Å²) in [6.45, 7) is 0. The summed E-state index contributed by atoms with van der Waals surface area (Å²) in [6, 6.07) is 22.1. The first-order valence-corrected chi connectivity index (χ1v) is 11.0. The Morgan fingerprint density at radius 3 is 2.70 bits per heavy atom. The maximum absolute atomic E-state index is 12.0. The fraction of sp³-hybridized carbons (Fsp3) is 0.200. The number of benzene rings is 2. The number of para-hydroxylation sites is 1. The number of pyridine rings is 1. The second-order valence-corrected chi connectivity index (χ2v) is 8.68. The third kappa shape index (κ3) is 3.39. The Morgan fingerprint density at radius 2 is 1.87 bits per heavy atom. The van der Waals surface area contributed by atoms with Crippen LogP contribution in [-0.2, 0) is 17.6 Å². The monoisotopic (exact) mass is 414 g/mol. The quantitative estimate of drug-likeness (QED) is 0.452. The number of aliphatic carboxylic acids is 1. The van der Waals surface area contributed by atoms with E-state index >= 15 is 0 Å². The van der Waals surface area contributed by atoms with Crippen LogP contribution in [0.3, 0.4) is 0 Å². The van der Waals surface area contributed by atoms with E-state index in [2.05, 4.69) is 33.8 Å². The Labute approximate surface area is 179 Å². The van der Waals surface area contributed by atoms with Crippen LogP contribution in [0.15, 0.2) is 82.8 Å². The van der Waals surface area contributed by atoms with Crippen molar-refractivity contribution in [3.8, 4) is 0 Å². The Bertz CT molecular complexity index is 1220. The van der Waals surface area contributed by atoms with E-state index in [-0.39, 0.29) is 0 Å². The smallest absolute Gasteiger partial charge is 0.326 e. The third-order valence-corrected chi connectivity index (χ3v) is 6.86. The highest BCUT2D eigenvalue weighted by atomic mass is 32.2. The van der Waals surface area contributed by atoms with Gasteiger partial charge in [0, 0.05) is 34.1 Å². The van der Waals surface area contributed by atoms with Crippen LogP contribution in [0, 0.1) is 0 Å². The van der Waals surface area contributed by atoms with Gasteiger partial charge < -0.3 is 9.67 Å². The molecule has 5 heteroatoms. The summed E-state index contributed by atoms with van der Waals surface area (Å²) < 4.78 is 2.07. The first-order chi connectivity index (χ1) is 14.7. The van der Waals surface area contributed by atoms with Crippen LogP contribution in [0.5, 0.6) is 0 Å². The minimum absolute atomic E-state index is 0.487.